The predicted octanol–water partition coefficient (Wildman–Crippen LogP) is 0.676. The van der Waals surface area contributed by atoms with Gasteiger partial charge in [0.25, 0.3) is 0 Å². The van der Waals surface area contributed by atoms with Gasteiger partial charge in [0.05, 0.1) is 12.3 Å². The van der Waals surface area contributed by atoms with Crippen LogP contribution in [0.4, 0.5) is 5.82 Å². The summed E-state index contributed by atoms with van der Waals surface area (Å²) < 4.78 is 0. The van der Waals surface area contributed by atoms with E-state index < -0.39 is 0 Å². The molecule has 2 heterocycles. The Morgan fingerprint density at radius 1 is 1.22 bits per heavy atom. The van der Waals surface area contributed by atoms with E-state index in [1.165, 1.54) is 0 Å². The topological polar surface area (TPSA) is 52.5 Å². The Morgan fingerprint density at radius 3 is 2.39 bits per heavy atom. The third kappa shape index (κ3) is 2.62. The number of hydrogen-bond donors (Lipinski definition) is 1. The number of β-amino-alcohol motifs (C(OH)–C–C–N with tert-alkyl or cyclic N) is 1. The molecule has 0 unspecified atom stereocenters. The van der Waals surface area contributed by atoms with Crippen molar-refractivity contribution in [2.24, 2.45) is 0 Å². The number of aromatic nitrogens is 2. The summed E-state index contributed by atoms with van der Waals surface area (Å²) in [5, 5.41) is 9.10. The molecule has 1 saturated heterocycles. The average molecular weight is 250 g/mol. The number of piperazine rings is 1. The molecule has 18 heavy (non-hydrogen) atoms. The van der Waals surface area contributed by atoms with Crippen LogP contribution in [0.5, 0.6) is 0 Å². The highest BCUT2D eigenvalue weighted by Crippen LogP contribution is 2.21. The summed E-state index contributed by atoms with van der Waals surface area (Å²) in [4.78, 5) is 13.4. The van der Waals surface area contributed by atoms with E-state index in [9.17, 15) is 0 Å². The first-order chi connectivity index (χ1) is 8.63. The van der Waals surface area contributed by atoms with Gasteiger partial charge < -0.3 is 10.0 Å². The standard InChI is InChI=1S/C13H22N4O/c1-10-8-16(9-11(2)17(10)6-7-18)13-12(3)14-4-5-15-13/h4-5,10-11,18H,6-9H2,1-3H3/t10-,11+. The average Bonchev–Trinajstić information content (AvgIpc) is 2.34. The zero-order valence-corrected chi connectivity index (χ0v) is 11.4. The van der Waals surface area contributed by atoms with Gasteiger partial charge in [-0.15, -0.1) is 0 Å². The molecule has 5 nitrogen and oxygen atoms in total. The summed E-state index contributed by atoms with van der Waals surface area (Å²) in [7, 11) is 0. The second-order valence-corrected chi connectivity index (χ2v) is 5.03. The first-order valence-corrected chi connectivity index (χ1v) is 6.52. The lowest BCUT2D eigenvalue weighted by atomic mass is 10.1. The Morgan fingerprint density at radius 2 is 1.83 bits per heavy atom. The van der Waals surface area contributed by atoms with Crippen LogP contribution in [0, 0.1) is 6.92 Å². The number of nitrogens with zero attached hydrogens (tertiary/aromatic N) is 4. The molecule has 1 aliphatic heterocycles. The number of rotatable bonds is 3. The fraction of sp³-hybridized carbons (Fsp3) is 0.692. The molecule has 2 rings (SSSR count). The van der Waals surface area contributed by atoms with E-state index in [0.717, 1.165) is 31.1 Å². The first-order valence-electron chi connectivity index (χ1n) is 6.52. The van der Waals surface area contributed by atoms with Gasteiger partial charge in [-0.1, -0.05) is 0 Å². The number of hydrogen-bond acceptors (Lipinski definition) is 5. The summed E-state index contributed by atoms with van der Waals surface area (Å²) in [6.45, 7) is 9.23. The van der Waals surface area contributed by atoms with Crippen LogP contribution in [-0.2, 0) is 0 Å². The third-order valence-electron chi connectivity index (χ3n) is 3.61. The lowest BCUT2D eigenvalue weighted by Crippen LogP contribution is -2.57. The minimum absolute atomic E-state index is 0.221. The van der Waals surface area contributed by atoms with Gasteiger partial charge in [0.2, 0.25) is 0 Å². The molecule has 0 aromatic carbocycles. The number of anilines is 1. The van der Waals surface area contributed by atoms with Gasteiger partial charge in [-0.25, -0.2) is 4.98 Å². The summed E-state index contributed by atoms with van der Waals surface area (Å²) >= 11 is 0. The molecule has 0 aliphatic carbocycles. The number of aliphatic hydroxyl groups excluding tert-OH is 1. The maximum Gasteiger partial charge on any atom is 0.150 e. The highest BCUT2D eigenvalue weighted by atomic mass is 16.3. The fourth-order valence-corrected chi connectivity index (χ4v) is 2.80. The van der Waals surface area contributed by atoms with Crippen LogP contribution in [0.25, 0.3) is 0 Å². The van der Waals surface area contributed by atoms with E-state index in [4.69, 9.17) is 5.11 Å². The van der Waals surface area contributed by atoms with E-state index in [-0.39, 0.29) is 6.61 Å². The molecule has 100 valence electrons. The Bertz CT molecular complexity index is 386. The predicted molar refractivity (Wildman–Crippen MR) is 71.7 cm³/mol. The summed E-state index contributed by atoms with van der Waals surface area (Å²) in [5.41, 5.74) is 0.979. The lowest BCUT2D eigenvalue weighted by Gasteiger charge is -2.44. The van der Waals surface area contributed by atoms with Crippen molar-refractivity contribution < 1.29 is 5.11 Å². The van der Waals surface area contributed by atoms with Gasteiger partial charge in [-0.3, -0.25) is 9.88 Å². The van der Waals surface area contributed by atoms with Crippen LogP contribution in [0.2, 0.25) is 0 Å². The highest BCUT2D eigenvalue weighted by molar-refractivity contribution is 5.43. The van der Waals surface area contributed by atoms with Crippen LogP contribution in [-0.4, -0.2) is 58.3 Å². The van der Waals surface area contributed by atoms with Gasteiger partial charge in [0.15, 0.2) is 0 Å². The molecule has 2 atom stereocenters. The van der Waals surface area contributed by atoms with Crippen LogP contribution < -0.4 is 4.90 Å². The van der Waals surface area contributed by atoms with Crippen LogP contribution in [0.1, 0.15) is 19.5 Å². The minimum atomic E-state index is 0.221. The van der Waals surface area contributed by atoms with Gasteiger partial charge in [0, 0.05) is 44.1 Å². The lowest BCUT2D eigenvalue weighted by molar-refractivity contribution is 0.102. The third-order valence-corrected chi connectivity index (χ3v) is 3.61. The molecule has 0 bridgehead atoms. The monoisotopic (exact) mass is 250 g/mol. The normalized spacial score (nSPS) is 25.4. The summed E-state index contributed by atoms with van der Waals surface area (Å²) in [5.74, 6) is 0.986. The number of aryl methyl sites for hydroxylation is 1. The van der Waals surface area contributed by atoms with Crippen molar-refractivity contribution in [3.8, 4) is 0 Å². The van der Waals surface area contributed by atoms with Gasteiger partial charge >= 0.3 is 0 Å². The molecule has 0 amide bonds. The van der Waals surface area contributed by atoms with E-state index in [0.29, 0.717) is 12.1 Å². The summed E-state index contributed by atoms with van der Waals surface area (Å²) in [6.07, 6.45) is 3.48. The molecule has 0 saturated carbocycles. The second kappa shape index (κ2) is 5.63. The van der Waals surface area contributed by atoms with Gasteiger partial charge in [-0.05, 0) is 20.8 Å². The van der Waals surface area contributed by atoms with Crippen molar-refractivity contribution in [2.45, 2.75) is 32.9 Å². The van der Waals surface area contributed by atoms with Crippen molar-refractivity contribution in [3.63, 3.8) is 0 Å². The minimum Gasteiger partial charge on any atom is -0.395 e. The molecule has 1 aliphatic rings. The van der Waals surface area contributed by atoms with Crippen molar-refractivity contribution in [1.82, 2.24) is 14.9 Å². The fourth-order valence-electron chi connectivity index (χ4n) is 2.80. The Balaban J connectivity index is 2.13. The van der Waals surface area contributed by atoms with Crippen molar-refractivity contribution in [3.05, 3.63) is 18.1 Å². The van der Waals surface area contributed by atoms with E-state index in [2.05, 4.69) is 33.6 Å². The smallest absolute Gasteiger partial charge is 0.150 e. The Hall–Kier alpha value is -1.20. The molecule has 1 fully saturated rings. The molecule has 1 aromatic heterocycles. The van der Waals surface area contributed by atoms with E-state index in [1.54, 1.807) is 12.4 Å². The zero-order valence-electron chi connectivity index (χ0n) is 11.4. The van der Waals surface area contributed by atoms with Crippen molar-refractivity contribution >= 4 is 5.82 Å². The molecular formula is C13H22N4O. The SMILES string of the molecule is Cc1nccnc1N1C[C@@H](C)N(CCO)[C@@H](C)C1. The second-order valence-electron chi connectivity index (χ2n) is 5.03. The van der Waals surface area contributed by atoms with Gasteiger partial charge in [0.1, 0.15) is 5.82 Å². The Labute approximate surface area is 108 Å². The van der Waals surface area contributed by atoms with Crippen LogP contribution in [0.15, 0.2) is 12.4 Å². The quantitative estimate of drug-likeness (QED) is 0.855. The van der Waals surface area contributed by atoms with E-state index >= 15 is 0 Å². The molecule has 1 N–H and O–H groups in total. The van der Waals surface area contributed by atoms with Crippen LogP contribution >= 0.6 is 0 Å². The largest absolute Gasteiger partial charge is 0.395 e. The van der Waals surface area contributed by atoms with Crippen molar-refractivity contribution in [1.29, 1.82) is 0 Å². The van der Waals surface area contributed by atoms with Gasteiger partial charge in [-0.2, -0.15) is 0 Å². The molecule has 1 aromatic rings. The highest BCUT2D eigenvalue weighted by Gasteiger charge is 2.30. The number of aliphatic hydroxyl groups is 1. The van der Waals surface area contributed by atoms with Crippen molar-refractivity contribution in [2.75, 3.05) is 31.1 Å². The summed E-state index contributed by atoms with van der Waals surface area (Å²) in [6, 6.07) is 0.838. The zero-order chi connectivity index (χ0) is 13.1. The maximum atomic E-state index is 9.10. The molecule has 5 heteroatoms. The van der Waals surface area contributed by atoms with E-state index in [1.807, 2.05) is 6.92 Å². The van der Waals surface area contributed by atoms with Crippen LogP contribution in [0.3, 0.4) is 0 Å². The Kier molecular flexibility index (Phi) is 4.14. The maximum absolute atomic E-state index is 9.10. The molecular weight excluding hydrogens is 228 g/mol. The first kappa shape index (κ1) is 13.2. The molecule has 0 spiro atoms. The molecule has 0 radical (unpaired) electrons.